The average molecular weight is 317 g/mol. The van der Waals surface area contributed by atoms with Gasteiger partial charge in [0, 0.05) is 12.6 Å². The van der Waals surface area contributed by atoms with E-state index in [-0.39, 0.29) is 29.4 Å². The van der Waals surface area contributed by atoms with Crippen molar-refractivity contribution in [2.75, 3.05) is 13.1 Å². The predicted molar refractivity (Wildman–Crippen MR) is 81.3 cm³/mol. The number of hydrogen-bond donors (Lipinski definition) is 1. The van der Waals surface area contributed by atoms with Gasteiger partial charge in [-0.25, -0.2) is 0 Å². The quantitative estimate of drug-likeness (QED) is 0.907. The molecule has 0 aliphatic carbocycles. The topological polar surface area (TPSA) is 49.4 Å². The molecule has 6 heteroatoms. The Labute approximate surface area is 129 Å². The molecule has 1 rings (SSSR count). The van der Waals surface area contributed by atoms with Gasteiger partial charge in [0.2, 0.25) is 5.91 Å². The lowest BCUT2D eigenvalue weighted by Crippen LogP contribution is -2.42. The van der Waals surface area contributed by atoms with Crippen LogP contribution in [0.4, 0.5) is 0 Å². The molecule has 0 unspecified atom stereocenters. The molecule has 0 aromatic heterocycles. The number of nitrogens with one attached hydrogen (secondary N) is 1. The van der Waals surface area contributed by atoms with Crippen LogP contribution >= 0.6 is 23.2 Å². The first-order valence-electron chi connectivity index (χ1n) is 6.39. The molecule has 20 heavy (non-hydrogen) atoms. The summed E-state index contributed by atoms with van der Waals surface area (Å²) in [5.74, 6) is -0.507. The molecule has 110 valence electrons. The minimum Gasteiger partial charge on any atom is -0.352 e. The van der Waals surface area contributed by atoms with Gasteiger partial charge in [0.15, 0.2) is 0 Å². The summed E-state index contributed by atoms with van der Waals surface area (Å²) in [6.07, 6.45) is 0. The second-order valence-corrected chi connectivity index (χ2v) is 5.43. The number of carbonyl (C=O) groups excluding carboxylic acids is 2. The van der Waals surface area contributed by atoms with Crippen LogP contribution in [0.3, 0.4) is 0 Å². The van der Waals surface area contributed by atoms with Gasteiger partial charge in [0.25, 0.3) is 5.91 Å². The Bertz CT molecular complexity index is 504. The highest BCUT2D eigenvalue weighted by Crippen LogP contribution is 2.26. The van der Waals surface area contributed by atoms with Gasteiger partial charge >= 0.3 is 0 Å². The standard InChI is InChI=1S/C14H18Cl2N2O2/c1-4-18(8-12(19)17-9(2)3)14(20)10-6-5-7-11(15)13(10)16/h5-7,9H,4,8H2,1-3H3,(H,17,19). The van der Waals surface area contributed by atoms with E-state index >= 15 is 0 Å². The molecule has 0 atom stereocenters. The summed E-state index contributed by atoms with van der Waals surface area (Å²) < 4.78 is 0. The van der Waals surface area contributed by atoms with Gasteiger partial charge in [-0.05, 0) is 32.9 Å². The third-order valence-corrected chi connectivity index (χ3v) is 3.45. The van der Waals surface area contributed by atoms with Gasteiger partial charge in [0.05, 0.1) is 22.2 Å². The second-order valence-electron chi connectivity index (χ2n) is 4.64. The lowest BCUT2D eigenvalue weighted by Gasteiger charge is -2.21. The van der Waals surface area contributed by atoms with E-state index in [0.29, 0.717) is 17.1 Å². The van der Waals surface area contributed by atoms with Crippen LogP contribution in [0.15, 0.2) is 18.2 Å². The Kier molecular flexibility index (Phi) is 6.30. The molecule has 0 heterocycles. The fraction of sp³-hybridized carbons (Fsp3) is 0.429. The minimum absolute atomic E-state index is 0.00362. The van der Waals surface area contributed by atoms with Crippen LogP contribution in [0.5, 0.6) is 0 Å². The van der Waals surface area contributed by atoms with Crippen LogP contribution in [-0.4, -0.2) is 35.8 Å². The zero-order chi connectivity index (χ0) is 15.3. The van der Waals surface area contributed by atoms with Crippen molar-refractivity contribution in [2.24, 2.45) is 0 Å². The Morgan fingerprint density at radius 1 is 1.30 bits per heavy atom. The molecule has 1 aromatic carbocycles. The number of carbonyl (C=O) groups is 2. The van der Waals surface area contributed by atoms with Crippen LogP contribution in [-0.2, 0) is 4.79 Å². The van der Waals surface area contributed by atoms with Gasteiger partial charge < -0.3 is 10.2 Å². The highest BCUT2D eigenvalue weighted by atomic mass is 35.5. The first-order valence-corrected chi connectivity index (χ1v) is 7.15. The van der Waals surface area contributed by atoms with Gasteiger partial charge in [0.1, 0.15) is 0 Å². The molecule has 0 aliphatic heterocycles. The fourth-order valence-corrected chi connectivity index (χ4v) is 2.09. The number of hydrogen-bond acceptors (Lipinski definition) is 2. The van der Waals surface area contributed by atoms with Crippen LogP contribution in [0, 0.1) is 0 Å². The smallest absolute Gasteiger partial charge is 0.255 e. The Morgan fingerprint density at radius 2 is 1.95 bits per heavy atom. The molecule has 0 saturated carbocycles. The first-order chi connectivity index (χ1) is 9.36. The van der Waals surface area contributed by atoms with Crippen LogP contribution in [0.25, 0.3) is 0 Å². The fourth-order valence-electron chi connectivity index (χ4n) is 1.71. The number of likely N-dealkylation sites (N-methyl/N-ethyl adjacent to an activating group) is 1. The monoisotopic (exact) mass is 316 g/mol. The zero-order valence-electron chi connectivity index (χ0n) is 11.7. The Hall–Kier alpha value is -1.26. The summed E-state index contributed by atoms with van der Waals surface area (Å²) in [6.45, 7) is 5.94. The average Bonchev–Trinajstić information content (AvgIpc) is 2.37. The van der Waals surface area contributed by atoms with Crippen molar-refractivity contribution in [3.8, 4) is 0 Å². The molecule has 2 amide bonds. The molecule has 0 aliphatic rings. The van der Waals surface area contributed by atoms with Crippen molar-refractivity contribution >= 4 is 35.0 Å². The van der Waals surface area contributed by atoms with Crippen molar-refractivity contribution < 1.29 is 9.59 Å². The number of amides is 2. The highest BCUT2D eigenvalue weighted by molar-refractivity contribution is 6.43. The Balaban J connectivity index is 2.87. The van der Waals surface area contributed by atoms with Gasteiger partial charge in [-0.2, -0.15) is 0 Å². The molecule has 1 aromatic rings. The van der Waals surface area contributed by atoms with Crippen molar-refractivity contribution in [3.63, 3.8) is 0 Å². The SMILES string of the molecule is CCN(CC(=O)NC(C)C)C(=O)c1cccc(Cl)c1Cl. The molecular weight excluding hydrogens is 299 g/mol. The summed E-state index contributed by atoms with van der Waals surface area (Å²) in [6, 6.07) is 4.90. The maximum atomic E-state index is 12.4. The van der Waals surface area contributed by atoms with Gasteiger partial charge in [-0.15, -0.1) is 0 Å². The van der Waals surface area contributed by atoms with E-state index in [0.717, 1.165) is 0 Å². The third kappa shape index (κ3) is 4.39. The Morgan fingerprint density at radius 3 is 2.50 bits per heavy atom. The summed E-state index contributed by atoms with van der Waals surface area (Å²) in [7, 11) is 0. The summed E-state index contributed by atoms with van der Waals surface area (Å²) in [4.78, 5) is 25.5. The number of halogens is 2. The van der Waals surface area contributed by atoms with E-state index in [9.17, 15) is 9.59 Å². The molecule has 4 nitrogen and oxygen atoms in total. The van der Waals surface area contributed by atoms with E-state index in [4.69, 9.17) is 23.2 Å². The predicted octanol–water partition coefficient (Wildman–Crippen LogP) is 2.98. The van der Waals surface area contributed by atoms with E-state index in [2.05, 4.69) is 5.32 Å². The van der Waals surface area contributed by atoms with Crippen molar-refractivity contribution in [2.45, 2.75) is 26.8 Å². The molecular formula is C14H18Cl2N2O2. The van der Waals surface area contributed by atoms with Crippen molar-refractivity contribution in [3.05, 3.63) is 33.8 Å². The van der Waals surface area contributed by atoms with E-state index < -0.39 is 0 Å². The van der Waals surface area contributed by atoms with E-state index in [1.807, 2.05) is 13.8 Å². The molecule has 0 bridgehead atoms. The van der Waals surface area contributed by atoms with Crippen molar-refractivity contribution in [1.82, 2.24) is 10.2 Å². The lowest BCUT2D eigenvalue weighted by atomic mass is 10.2. The van der Waals surface area contributed by atoms with Crippen molar-refractivity contribution in [1.29, 1.82) is 0 Å². The molecule has 0 fully saturated rings. The van der Waals surface area contributed by atoms with Crippen LogP contribution in [0.1, 0.15) is 31.1 Å². The summed E-state index contributed by atoms with van der Waals surface area (Å²) in [5, 5.41) is 3.28. The normalized spacial score (nSPS) is 10.5. The summed E-state index contributed by atoms with van der Waals surface area (Å²) >= 11 is 11.9. The van der Waals surface area contributed by atoms with Gasteiger partial charge in [-0.1, -0.05) is 29.3 Å². The summed E-state index contributed by atoms with van der Waals surface area (Å²) in [5.41, 5.74) is 0.304. The molecule has 0 spiro atoms. The molecule has 1 N–H and O–H groups in total. The van der Waals surface area contributed by atoms with Crippen LogP contribution in [0.2, 0.25) is 10.0 Å². The maximum absolute atomic E-state index is 12.4. The number of rotatable bonds is 5. The zero-order valence-corrected chi connectivity index (χ0v) is 13.3. The second kappa shape index (κ2) is 7.50. The minimum atomic E-state index is -0.307. The molecule has 0 radical (unpaired) electrons. The van der Waals surface area contributed by atoms with Crippen LogP contribution < -0.4 is 5.32 Å². The number of nitrogens with zero attached hydrogens (tertiary/aromatic N) is 1. The van der Waals surface area contributed by atoms with Gasteiger partial charge in [-0.3, -0.25) is 9.59 Å². The maximum Gasteiger partial charge on any atom is 0.255 e. The van der Waals surface area contributed by atoms with E-state index in [1.165, 1.54) is 4.90 Å². The first kappa shape index (κ1) is 16.8. The molecule has 0 saturated heterocycles. The van der Waals surface area contributed by atoms with E-state index in [1.54, 1.807) is 25.1 Å². The number of benzene rings is 1. The third-order valence-electron chi connectivity index (χ3n) is 2.64. The largest absolute Gasteiger partial charge is 0.352 e. The lowest BCUT2D eigenvalue weighted by molar-refractivity contribution is -0.122. The highest BCUT2D eigenvalue weighted by Gasteiger charge is 2.20.